The number of ether oxygens (including phenoxy) is 2. The number of carbonyl (C=O) groups excluding carboxylic acids is 4. The lowest BCUT2D eigenvalue weighted by Gasteiger charge is -2.39. The molecule has 3 amide bonds. The van der Waals surface area contributed by atoms with Crippen molar-refractivity contribution in [2.75, 3.05) is 13.7 Å². The first-order valence-corrected chi connectivity index (χ1v) is 14.1. The lowest BCUT2D eigenvalue weighted by molar-refractivity contribution is -0.146. The van der Waals surface area contributed by atoms with E-state index in [2.05, 4.69) is 24.5 Å². The Morgan fingerprint density at radius 2 is 1.46 bits per heavy atom. The van der Waals surface area contributed by atoms with Gasteiger partial charge in [-0.05, 0) is 57.6 Å². The van der Waals surface area contributed by atoms with Gasteiger partial charge in [0.05, 0.1) is 7.11 Å². The average Bonchev–Trinajstić information content (AvgIpc) is 2.92. The number of nitrogens with zero attached hydrogens (tertiary/aromatic N) is 1. The number of hydrogen-bond donors (Lipinski definition) is 2. The van der Waals surface area contributed by atoms with Crippen molar-refractivity contribution in [2.24, 2.45) is 5.92 Å². The third kappa shape index (κ3) is 11.3. The second-order valence-electron chi connectivity index (χ2n) is 11.6. The lowest BCUT2D eigenvalue weighted by atomic mass is 9.96. The van der Waals surface area contributed by atoms with Gasteiger partial charge in [-0.2, -0.15) is 0 Å². The first kappa shape index (κ1) is 33.3. The van der Waals surface area contributed by atoms with Crippen LogP contribution in [0.15, 0.2) is 60.7 Å². The molecule has 3 unspecified atom stereocenters. The highest BCUT2D eigenvalue weighted by Crippen LogP contribution is 2.28. The lowest BCUT2D eigenvalue weighted by Crippen LogP contribution is -2.56. The number of nitrogens with one attached hydrogen (secondary N) is 2. The van der Waals surface area contributed by atoms with E-state index in [-0.39, 0.29) is 19.0 Å². The molecule has 3 atom stereocenters. The predicted molar refractivity (Wildman–Crippen MR) is 158 cm³/mol. The van der Waals surface area contributed by atoms with Crippen LogP contribution in [0.25, 0.3) is 0 Å². The van der Waals surface area contributed by atoms with Gasteiger partial charge in [-0.1, -0.05) is 74.5 Å². The molecule has 0 aliphatic heterocycles. The maximum absolute atomic E-state index is 14.5. The Morgan fingerprint density at radius 1 is 0.878 bits per heavy atom. The molecule has 2 aromatic carbocycles. The van der Waals surface area contributed by atoms with E-state index in [4.69, 9.17) is 9.47 Å². The zero-order valence-corrected chi connectivity index (χ0v) is 25.3. The van der Waals surface area contributed by atoms with Gasteiger partial charge < -0.3 is 25.0 Å². The van der Waals surface area contributed by atoms with Gasteiger partial charge in [-0.25, -0.2) is 4.79 Å². The maximum atomic E-state index is 14.5. The van der Waals surface area contributed by atoms with Crippen molar-refractivity contribution in [3.8, 4) is 0 Å². The zero-order valence-electron chi connectivity index (χ0n) is 25.3. The monoisotopic (exact) mass is 567 g/mol. The van der Waals surface area contributed by atoms with Gasteiger partial charge >= 0.3 is 12.1 Å². The number of alkyl carbamates (subject to hydrolysis) is 1. The molecule has 0 radical (unpaired) electrons. The molecule has 2 aromatic rings. The van der Waals surface area contributed by atoms with Crippen molar-refractivity contribution in [3.63, 3.8) is 0 Å². The van der Waals surface area contributed by atoms with E-state index in [1.807, 2.05) is 43.3 Å². The van der Waals surface area contributed by atoms with Crippen LogP contribution in [0.1, 0.15) is 71.6 Å². The third-order valence-corrected chi connectivity index (χ3v) is 6.44. The quantitative estimate of drug-likeness (QED) is 0.336. The highest BCUT2D eigenvalue weighted by Gasteiger charge is 2.39. The fraction of sp³-hybridized carbons (Fsp3) is 0.500. The van der Waals surface area contributed by atoms with Gasteiger partial charge in [0.25, 0.3) is 0 Å². The van der Waals surface area contributed by atoms with E-state index < -0.39 is 41.6 Å². The SMILES string of the molecule is COC(=O)CNC(=O)C(c1ccccc1)N(C(=O)C(Cc1ccccc1)NC(=O)OC(C)(C)C)C(C)CCC(C)C. The fourth-order valence-electron chi connectivity index (χ4n) is 4.39. The first-order valence-electron chi connectivity index (χ1n) is 14.1. The minimum atomic E-state index is -1.06. The molecule has 0 aliphatic rings. The molecule has 0 spiro atoms. The molecule has 9 heteroatoms. The van der Waals surface area contributed by atoms with Crippen molar-refractivity contribution >= 4 is 23.9 Å². The van der Waals surface area contributed by atoms with Crippen molar-refractivity contribution < 1.29 is 28.7 Å². The molecule has 2 N–H and O–H groups in total. The molecule has 0 fully saturated rings. The van der Waals surface area contributed by atoms with Crippen molar-refractivity contribution in [3.05, 3.63) is 71.8 Å². The van der Waals surface area contributed by atoms with E-state index in [1.165, 1.54) is 12.0 Å². The molecule has 9 nitrogen and oxygen atoms in total. The molecule has 0 aromatic heterocycles. The summed E-state index contributed by atoms with van der Waals surface area (Å²) >= 11 is 0. The van der Waals surface area contributed by atoms with Crippen LogP contribution in [-0.2, 0) is 30.3 Å². The molecular weight excluding hydrogens is 522 g/mol. The standard InChI is InChI=1S/C32H45N3O6/c1-22(2)18-19-23(3)35(28(25-16-12-9-13-17-25)29(37)33-21-27(36)40-7)30(38)26(20-24-14-10-8-11-15-24)34-31(39)41-32(4,5)6/h8-17,22-23,26,28H,18-21H2,1-7H3,(H,33,37)(H,34,39). The van der Waals surface area contributed by atoms with Gasteiger partial charge in [0.1, 0.15) is 24.2 Å². The summed E-state index contributed by atoms with van der Waals surface area (Å²) in [5, 5.41) is 5.40. The molecular formula is C32H45N3O6. The Balaban J connectivity index is 2.59. The Morgan fingerprint density at radius 3 is 2.00 bits per heavy atom. The Kier molecular flexibility index (Phi) is 12.8. The van der Waals surface area contributed by atoms with Gasteiger partial charge in [-0.3, -0.25) is 14.4 Å². The van der Waals surface area contributed by atoms with Crippen LogP contribution in [0.3, 0.4) is 0 Å². The topological polar surface area (TPSA) is 114 Å². The smallest absolute Gasteiger partial charge is 0.408 e. The first-order chi connectivity index (χ1) is 19.3. The van der Waals surface area contributed by atoms with E-state index in [0.717, 1.165) is 12.0 Å². The highest BCUT2D eigenvalue weighted by molar-refractivity contribution is 5.93. The summed E-state index contributed by atoms with van der Waals surface area (Å²) in [5.74, 6) is -1.19. The average molecular weight is 568 g/mol. The minimum absolute atomic E-state index is 0.192. The molecule has 0 saturated carbocycles. The van der Waals surface area contributed by atoms with Crippen LogP contribution >= 0.6 is 0 Å². The normalized spacial score (nSPS) is 13.5. The summed E-state index contributed by atoms with van der Waals surface area (Å²) in [4.78, 5) is 54.6. The molecule has 0 aliphatic carbocycles. The van der Waals surface area contributed by atoms with Gasteiger partial charge in [0.15, 0.2) is 0 Å². The number of benzene rings is 2. The molecule has 41 heavy (non-hydrogen) atoms. The van der Waals surface area contributed by atoms with Crippen LogP contribution in [0, 0.1) is 5.92 Å². The van der Waals surface area contributed by atoms with Crippen LogP contribution in [0.5, 0.6) is 0 Å². The molecule has 0 bridgehead atoms. The van der Waals surface area contributed by atoms with Crippen molar-refractivity contribution in [2.45, 2.75) is 84.5 Å². The zero-order chi connectivity index (χ0) is 30.6. The molecule has 0 heterocycles. The Bertz CT molecular complexity index is 1130. The predicted octanol–water partition coefficient (Wildman–Crippen LogP) is 4.81. The molecule has 2 rings (SSSR count). The van der Waals surface area contributed by atoms with Crippen molar-refractivity contribution in [1.29, 1.82) is 0 Å². The Hall–Kier alpha value is -3.88. The van der Waals surface area contributed by atoms with Gasteiger partial charge in [0, 0.05) is 12.5 Å². The van der Waals surface area contributed by atoms with Crippen molar-refractivity contribution in [1.82, 2.24) is 15.5 Å². The largest absolute Gasteiger partial charge is 0.468 e. The second kappa shape index (κ2) is 15.8. The van der Waals surface area contributed by atoms with Gasteiger partial charge in [0.2, 0.25) is 11.8 Å². The second-order valence-corrected chi connectivity index (χ2v) is 11.6. The summed E-state index contributed by atoms with van der Waals surface area (Å²) in [6.45, 7) is 11.0. The minimum Gasteiger partial charge on any atom is -0.468 e. The number of esters is 1. The third-order valence-electron chi connectivity index (χ3n) is 6.44. The number of amides is 3. The summed E-state index contributed by atoms with van der Waals surface area (Å²) in [6.07, 6.45) is 0.908. The number of carbonyl (C=O) groups is 4. The maximum Gasteiger partial charge on any atom is 0.408 e. The summed E-state index contributed by atoms with van der Waals surface area (Å²) in [5.41, 5.74) is 0.646. The highest BCUT2D eigenvalue weighted by atomic mass is 16.6. The summed E-state index contributed by atoms with van der Waals surface area (Å²) < 4.78 is 10.2. The molecule has 0 saturated heterocycles. The fourth-order valence-corrected chi connectivity index (χ4v) is 4.39. The van der Waals surface area contributed by atoms with Crippen LogP contribution in [-0.4, -0.2) is 60.1 Å². The Labute approximate surface area is 244 Å². The number of methoxy groups -OCH3 is 1. The van der Waals surface area contributed by atoms with E-state index in [9.17, 15) is 19.2 Å². The number of rotatable bonds is 13. The molecule has 224 valence electrons. The summed E-state index contributed by atoms with van der Waals surface area (Å²) in [6, 6.07) is 15.8. The van der Waals surface area contributed by atoms with Crippen LogP contribution in [0.2, 0.25) is 0 Å². The van der Waals surface area contributed by atoms with E-state index >= 15 is 0 Å². The van der Waals surface area contributed by atoms with E-state index in [0.29, 0.717) is 17.9 Å². The van der Waals surface area contributed by atoms with E-state index in [1.54, 1.807) is 45.0 Å². The van der Waals surface area contributed by atoms with Crippen LogP contribution in [0.4, 0.5) is 4.79 Å². The van der Waals surface area contributed by atoms with Crippen LogP contribution < -0.4 is 10.6 Å². The number of hydrogen-bond acceptors (Lipinski definition) is 6. The summed E-state index contributed by atoms with van der Waals surface area (Å²) in [7, 11) is 1.24. The van der Waals surface area contributed by atoms with Gasteiger partial charge in [-0.15, -0.1) is 0 Å².